The maximum Gasteiger partial charge on any atom is 0.267 e. The third kappa shape index (κ3) is 4.52. The summed E-state index contributed by atoms with van der Waals surface area (Å²) >= 11 is 0. The van der Waals surface area contributed by atoms with Crippen molar-refractivity contribution in [2.45, 2.75) is 32.9 Å². The molecule has 0 aliphatic carbocycles. The van der Waals surface area contributed by atoms with Crippen molar-refractivity contribution in [1.82, 2.24) is 9.97 Å². The van der Waals surface area contributed by atoms with Crippen molar-refractivity contribution < 1.29 is 14.3 Å². The smallest absolute Gasteiger partial charge is 0.267 e. The number of hydrogen-bond acceptors (Lipinski definition) is 7. The summed E-state index contributed by atoms with van der Waals surface area (Å²) in [6, 6.07) is 8.90. The van der Waals surface area contributed by atoms with Gasteiger partial charge in [0, 0.05) is 6.07 Å². The zero-order valence-corrected chi connectivity index (χ0v) is 15.6. The van der Waals surface area contributed by atoms with Crippen LogP contribution in [0.5, 0.6) is 5.75 Å². The highest BCUT2D eigenvalue weighted by Gasteiger charge is 2.31. The SMILES string of the molecule is CC(=O)[C@H](C)Nc1cc(C(N)=O)nc(N2CC(Oc3ccc(C)cc3)C2)n1. The summed E-state index contributed by atoms with van der Waals surface area (Å²) in [6.07, 6.45) is 0.0149. The number of amides is 1. The highest BCUT2D eigenvalue weighted by molar-refractivity contribution is 5.92. The van der Waals surface area contributed by atoms with E-state index in [-0.39, 0.29) is 17.6 Å². The quantitative estimate of drug-likeness (QED) is 0.761. The maximum absolute atomic E-state index is 11.6. The fourth-order valence-corrected chi connectivity index (χ4v) is 2.58. The monoisotopic (exact) mass is 369 g/mol. The van der Waals surface area contributed by atoms with E-state index in [0.717, 1.165) is 5.75 Å². The molecular formula is C19H23N5O3. The molecule has 3 N–H and O–H groups in total. The molecule has 0 spiro atoms. The fourth-order valence-electron chi connectivity index (χ4n) is 2.58. The molecule has 2 heterocycles. The lowest BCUT2D eigenvalue weighted by Crippen LogP contribution is -2.54. The van der Waals surface area contributed by atoms with E-state index in [1.54, 1.807) is 6.92 Å². The number of benzene rings is 1. The van der Waals surface area contributed by atoms with Gasteiger partial charge < -0.3 is 20.7 Å². The molecule has 27 heavy (non-hydrogen) atoms. The van der Waals surface area contributed by atoms with E-state index in [1.165, 1.54) is 18.6 Å². The first-order valence-electron chi connectivity index (χ1n) is 8.76. The number of rotatable bonds is 7. The summed E-state index contributed by atoms with van der Waals surface area (Å²) in [6.45, 7) is 6.42. The van der Waals surface area contributed by atoms with Gasteiger partial charge in [-0.3, -0.25) is 9.59 Å². The number of aryl methyl sites for hydroxylation is 1. The summed E-state index contributed by atoms with van der Waals surface area (Å²) in [7, 11) is 0. The number of primary amides is 1. The lowest BCUT2D eigenvalue weighted by atomic mass is 10.1. The molecule has 1 aromatic heterocycles. The first kappa shape index (κ1) is 18.6. The van der Waals surface area contributed by atoms with E-state index in [9.17, 15) is 9.59 Å². The molecule has 1 aliphatic heterocycles. The van der Waals surface area contributed by atoms with E-state index in [4.69, 9.17) is 10.5 Å². The van der Waals surface area contributed by atoms with Crippen molar-refractivity contribution in [1.29, 1.82) is 0 Å². The normalized spacial score (nSPS) is 15.0. The first-order chi connectivity index (χ1) is 12.8. The number of carbonyl (C=O) groups is 2. The van der Waals surface area contributed by atoms with Crippen LogP contribution in [0.25, 0.3) is 0 Å². The highest BCUT2D eigenvalue weighted by Crippen LogP contribution is 2.23. The second-order valence-electron chi connectivity index (χ2n) is 6.74. The number of Topliss-reactive ketones (excluding diaryl/α,β-unsaturated/α-hetero) is 1. The number of nitrogens with two attached hydrogens (primary N) is 1. The molecular weight excluding hydrogens is 346 g/mol. The Labute approximate surface area is 157 Å². The van der Waals surface area contributed by atoms with Gasteiger partial charge in [-0.25, -0.2) is 4.98 Å². The van der Waals surface area contributed by atoms with Crippen LogP contribution in [0.2, 0.25) is 0 Å². The van der Waals surface area contributed by atoms with Crippen LogP contribution in [0.15, 0.2) is 30.3 Å². The van der Waals surface area contributed by atoms with Crippen LogP contribution in [0.4, 0.5) is 11.8 Å². The molecule has 1 amide bonds. The highest BCUT2D eigenvalue weighted by atomic mass is 16.5. The largest absolute Gasteiger partial charge is 0.487 e. The van der Waals surface area contributed by atoms with Crippen LogP contribution in [0.3, 0.4) is 0 Å². The van der Waals surface area contributed by atoms with Gasteiger partial charge in [0.25, 0.3) is 5.91 Å². The van der Waals surface area contributed by atoms with Crippen LogP contribution in [-0.2, 0) is 4.79 Å². The van der Waals surface area contributed by atoms with Gasteiger partial charge in [-0.15, -0.1) is 0 Å². The van der Waals surface area contributed by atoms with Crippen LogP contribution < -0.4 is 20.7 Å². The van der Waals surface area contributed by atoms with Gasteiger partial charge in [-0.2, -0.15) is 4.98 Å². The Bertz CT molecular complexity index is 847. The molecule has 0 unspecified atom stereocenters. The number of ether oxygens (including phenoxy) is 1. The first-order valence-corrected chi connectivity index (χ1v) is 8.76. The maximum atomic E-state index is 11.6. The van der Waals surface area contributed by atoms with E-state index in [0.29, 0.717) is 24.9 Å². The third-order valence-electron chi connectivity index (χ3n) is 4.40. The van der Waals surface area contributed by atoms with Gasteiger partial charge in [0.05, 0.1) is 19.1 Å². The molecule has 0 bridgehead atoms. The predicted octanol–water partition coefficient (Wildman–Crippen LogP) is 1.54. The minimum Gasteiger partial charge on any atom is -0.487 e. The molecule has 0 saturated carbocycles. The van der Waals surface area contributed by atoms with E-state index in [2.05, 4.69) is 15.3 Å². The molecule has 1 aliphatic rings. The van der Waals surface area contributed by atoms with Crippen molar-refractivity contribution in [2.24, 2.45) is 5.73 Å². The van der Waals surface area contributed by atoms with Crippen molar-refractivity contribution in [3.63, 3.8) is 0 Å². The molecule has 2 aromatic rings. The number of aromatic nitrogens is 2. The molecule has 8 heteroatoms. The summed E-state index contributed by atoms with van der Waals surface area (Å²) in [5.74, 6) is 0.902. The Hall–Kier alpha value is -3.16. The zero-order valence-electron chi connectivity index (χ0n) is 15.6. The minimum atomic E-state index is -0.648. The molecule has 142 valence electrons. The molecule has 0 radical (unpaired) electrons. The molecule has 1 aromatic carbocycles. The van der Waals surface area contributed by atoms with Gasteiger partial charge in [0.1, 0.15) is 23.4 Å². The summed E-state index contributed by atoms with van der Waals surface area (Å²) < 4.78 is 5.91. The molecule has 8 nitrogen and oxygen atoms in total. The molecule has 1 saturated heterocycles. The Balaban J connectivity index is 1.69. The third-order valence-corrected chi connectivity index (χ3v) is 4.40. The number of ketones is 1. The van der Waals surface area contributed by atoms with Crippen molar-refractivity contribution in [3.8, 4) is 5.75 Å². The Morgan fingerprint density at radius 3 is 2.52 bits per heavy atom. The van der Waals surface area contributed by atoms with Gasteiger partial charge in [-0.1, -0.05) is 17.7 Å². The average molecular weight is 369 g/mol. The summed E-state index contributed by atoms with van der Waals surface area (Å²) in [4.78, 5) is 33.6. The average Bonchev–Trinajstić information content (AvgIpc) is 2.58. The molecule has 1 atom stereocenters. The van der Waals surface area contributed by atoms with Gasteiger partial charge >= 0.3 is 0 Å². The topological polar surface area (TPSA) is 110 Å². The standard InChI is InChI=1S/C19H23N5O3/c1-11-4-6-14(7-5-11)27-15-9-24(10-15)19-22-16(18(20)26)8-17(23-19)21-12(2)13(3)25/h4-8,12,15H,9-10H2,1-3H3,(H2,20,26)(H,21,22,23)/t12-/m0/s1. The Morgan fingerprint density at radius 2 is 1.93 bits per heavy atom. The van der Waals surface area contributed by atoms with E-state index >= 15 is 0 Å². The molecule has 3 rings (SSSR count). The number of hydrogen-bond donors (Lipinski definition) is 2. The van der Waals surface area contributed by atoms with E-state index in [1.807, 2.05) is 36.1 Å². The van der Waals surface area contributed by atoms with Gasteiger partial charge in [0.2, 0.25) is 5.95 Å². The van der Waals surface area contributed by atoms with Gasteiger partial charge in [0.15, 0.2) is 5.78 Å². The lowest BCUT2D eigenvalue weighted by molar-refractivity contribution is -0.117. The second-order valence-corrected chi connectivity index (χ2v) is 6.74. The van der Waals surface area contributed by atoms with Crippen molar-refractivity contribution >= 4 is 23.5 Å². The van der Waals surface area contributed by atoms with Crippen molar-refractivity contribution in [3.05, 3.63) is 41.6 Å². The number of nitrogens with zero attached hydrogens (tertiary/aromatic N) is 3. The van der Waals surface area contributed by atoms with Crippen LogP contribution in [0, 0.1) is 6.92 Å². The summed E-state index contributed by atoms with van der Waals surface area (Å²) in [5.41, 5.74) is 6.65. The number of anilines is 2. The Morgan fingerprint density at radius 1 is 1.26 bits per heavy atom. The number of nitrogens with one attached hydrogen (secondary N) is 1. The number of carbonyl (C=O) groups excluding carboxylic acids is 2. The lowest BCUT2D eigenvalue weighted by Gasteiger charge is -2.39. The fraction of sp³-hybridized carbons (Fsp3) is 0.368. The second kappa shape index (κ2) is 7.61. The molecule has 1 fully saturated rings. The zero-order chi connectivity index (χ0) is 19.6. The minimum absolute atomic E-state index is 0.0149. The van der Waals surface area contributed by atoms with Gasteiger partial charge in [-0.05, 0) is 32.9 Å². The predicted molar refractivity (Wildman–Crippen MR) is 102 cm³/mol. The summed E-state index contributed by atoms with van der Waals surface area (Å²) in [5, 5.41) is 2.97. The van der Waals surface area contributed by atoms with Crippen molar-refractivity contribution in [2.75, 3.05) is 23.3 Å². The van der Waals surface area contributed by atoms with Crippen LogP contribution in [-0.4, -0.2) is 46.9 Å². The van der Waals surface area contributed by atoms with Crippen LogP contribution in [0.1, 0.15) is 29.9 Å². The van der Waals surface area contributed by atoms with Crippen LogP contribution >= 0.6 is 0 Å². The Kier molecular flexibility index (Phi) is 5.25. The van der Waals surface area contributed by atoms with E-state index < -0.39 is 11.9 Å².